The fourth-order valence-electron chi connectivity index (χ4n) is 2.37. The maximum Gasteiger partial charge on any atom is 0.270 e. The summed E-state index contributed by atoms with van der Waals surface area (Å²) in [4.78, 5) is 32.0. The van der Waals surface area contributed by atoms with E-state index in [9.17, 15) is 9.59 Å². The molecule has 1 amide bonds. The second-order valence-corrected chi connectivity index (χ2v) is 6.21. The first-order valence-electron chi connectivity index (χ1n) is 8.25. The highest BCUT2D eigenvalue weighted by Gasteiger charge is 2.10. The largest absolute Gasteiger partial charge is 0.347 e. The number of rotatable bonds is 6. The van der Waals surface area contributed by atoms with Gasteiger partial charge in [-0.05, 0) is 48.9 Å². The molecule has 0 fully saturated rings. The van der Waals surface area contributed by atoms with Gasteiger partial charge in [0.1, 0.15) is 5.69 Å². The summed E-state index contributed by atoms with van der Waals surface area (Å²) in [7, 11) is 0. The van der Waals surface area contributed by atoms with Crippen molar-refractivity contribution in [1.29, 1.82) is 0 Å². The summed E-state index contributed by atoms with van der Waals surface area (Å²) < 4.78 is 0. The number of Topliss-reactive ketones (excluding diaryl/α,β-unsaturated/α-hetero) is 1. The number of aromatic nitrogens is 2. The third-order valence-corrected chi connectivity index (χ3v) is 4.20. The molecule has 3 aromatic rings. The van der Waals surface area contributed by atoms with E-state index < -0.39 is 0 Å². The number of ketones is 1. The Kier molecular flexibility index (Phi) is 5.78. The molecule has 2 aromatic carbocycles. The normalized spacial score (nSPS) is 10.3. The fourth-order valence-corrected chi connectivity index (χ4v) is 2.57. The Balaban J connectivity index is 1.66. The van der Waals surface area contributed by atoms with E-state index in [0.717, 1.165) is 5.56 Å². The Labute approximate surface area is 161 Å². The summed E-state index contributed by atoms with van der Waals surface area (Å²) in [5.74, 6) is -0.0433. The van der Waals surface area contributed by atoms with Gasteiger partial charge in [-0.1, -0.05) is 29.8 Å². The average Bonchev–Trinajstić information content (AvgIpc) is 2.68. The van der Waals surface area contributed by atoms with Crippen LogP contribution in [0, 0.1) is 0 Å². The van der Waals surface area contributed by atoms with Crippen LogP contribution >= 0.6 is 11.6 Å². The molecule has 1 heterocycles. The molecule has 3 rings (SSSR count). The Bertz CT molecular complexity index is 974. The first kappa shape index (κ1) is 18.5. The van der Waals surface area contributed by atoms with Crippen LogP contribution in [0.3, 0.4) is 0 Å². The maximum atomic E-state index is 12.3. The van der Waals surface area contributed by atoms with Crippen molar-refractivity contribution < 1.29 is 9.59 Å². The average molecular weight is 381 g/mol. The third kappa shape index (κ3) is 4.89. The molecular weight excluding hydrogens is 364 g/mol. The standard InChI is InChI=1S/C20H17ClN4O2/c1-13(26)14-6-8-16(9-7-14)24-20-22-11-10-18(25-20)19(27)23-12-15-4-2-3-5-17(15)21/h2-11H,12H2,1H3,(H,23,27)(H,22,24,25). The minimum atomic E-state index is -0.327. The molecule has 6 nitrogen and oxygen atoms in total. The second-order valence-electron chi connectivity index (χ2n) is 5.80. The lowest BCUT2D eigenvalue weighted by Crippen LogP contribution is -2.24. The van der Waals surface area contributed by atoms with Crippen LogP contribution in [0.5, 0.6) is 0 Å². The van der Waals surface area contributed by atoms with Crippen LogP contribution in [0.2, 0.25) is 5.02 Å². The van der Waals surface area contributed by atoms with Gasteiger partial charge in [-0.3, -0.25) is 9.59 Å². The van der Waals surface area contributed by atoms with Gasteiger partial charge in [-0.25, -0.2) is 9.97 Å². The van der Waals surface area contributed by atoms with Crippen molar-refractivity contribution in [3.8, 4) is 0 Å². The first-order chi connectivity index (χ1) is 13.0. The van der Waals surface area contributed by atoms with E-state index in [2.05, 4.69) is 20.6 Å². The molecule has 0 aliphatic carbocycles. The van der Waals surface area contributed by atoms with Crippen LogP contribution in [0.4, 0.5) is 11.6 Å². The molecule has 0 saturated heterocycles. The van der Waals surface area contributed by atoms with Crippen LogP contribution in [-0.4, -0.2) is 21.7 Å². The van der Waals surface area contributed by atoms with E-state index in [1.807, 2.05) is 18.2 Å². The zero-order valence-electron chi connectivity index (χ0n) is 14.6. The minimum absolute atomic E-state index is 0.00464. The van der Waals surface area contributed by atoms with E-state index in [1.165, 1.54) is 19.2 Å². The van der Waals surface area contributed by atoms with Crippen molar-refractivity contribution in [2.75, 3.05) is 5.32 Å². The highest BCUT2D eigenvalue weighted by Crippen LogP contribution is 2.16. The number of hydrogen-bond acceptors (Lipinski definition) is 5. The predicted octanol–water partition coefficient (Wildman–Crippen LogP) is 4.01. The molecule has 0 aliphatic rings. The topological polar surface area (TPSA) is 84.0 Å². The summed E-state index contributed by atoms with van der Waals surface area (Å²) in [6.07, 6.45) is 1.50. The Hall–Kier alpha value is -3.25. The molecule has 0 spiro atoms. The zero-order valence-corrected chi connectivity index (χ0v) is 15.3. The molecule has 27 heavy (non-hydrogen) atoms. The number of anilines is 2. The minimum Gasteiger partial charge on any atom is -0.347 e. The molecule has 0 atom stereocenters. The van der Waals surface area contributed by atoms with Crippen LogP contribution in [0.15, 0.2) is 60.8 Å². The predicted molar refractivity (Wildman–Crippen MR) is 104 cm³/mol. The van der Waals surface area contributed by atoms with Crippen molar-refractivity contribution in [3.63, 3.8) is 0 Å². The molecule has 136 valence electrons. The van der Waals surface area contributed by atoms with Crippen LogP contribution in [-0.2, 0) is 6.54 Å². The van der Waals surface area contributed by atoms with E-state index in [4.69, 9.17) is 11.6 Å². The number of halogens is 1. The fraction of sp³-hybridized carbons (Fsp3) is 0.100. The molecule has 7 heteroatoms. The molecule has 1 aromatic heterocycles. The number of carbonyl (C=O) groups is 2. The van der Waals surface area contributed by atoms with Crippen molar-refractivity contribution in [1.82, 2.24) is 15.3 Å². The van der Waals surface area contributed by atoms with Crippen LogP contribution < -0.4 is 10.6 Å². The van der Waals surface area contributed by atoms with Crippen molar-refractivity contribution in [3.05, 3.63) is 82.6 Å². The van der Waals surface area contributed by atoms with Crippen LogP contribution in [0.25, 0.3) is 0 Å². The third-order valence-electron chi connectivity index (χ3n) is 3.83. The van der Waals surface area contributed by atoms with Gasteiger partial charge in [0.15, 0.2) is 5.78 Å². The molecule has 0 bridgehead atoms. The van der Waals surface area contributed by atoms with E-state index in [-0.39, 0.29) is 23.3 Å². The second kappa shape index (κ2) is 8.42. The summed E-state index contributed by atoms with van der Waals surface area (Å²) in [6.45, 7) is 1.81. The number of benzene rings is 2. The summed E-state index contributed by atoms with van der Waals surface area (Å²) >= 11 is 6.09. The van der Waals surface area contributed by atoms with Crippen molar-refractivity contribution in [2.45, 2.75) is 13.5 Å². The Morgan fingerprint density at radius 1 is 1.04 bits per heavy atom. The molecule has 0 radical (unpaired) electrons. The van der Waals surface area contributed by atoms with Gasteiger partial charge in [0.05, 0.1) is 0 Å². The number of carbonyl (C=O) groups excluding carboxylic acids is 2. The summed E-state index contributed by atoms with van der Waals surface area (Å²) in [5.41, 5.74) is 2.40. The van der Waals surface area contributed by atoms with Gasteiger partial charge >= 0.3 is 0 Å². The van der Waals surface area contributed by atoms with Gasteiger partial charge in [0.2, 0.25) is 5.95 Å². The molecule has 2 N–H and O–H groups in total. The number of nitrogens with one attached hydrogen (secondary N) is 2. The Morgan fingerprint density at radius 2 is 1.78 bits per heavy atom. The number of hydrogen-bond donors (Lipinski definition) is 2. The lowest BCUT2D eigenvalue weighted by molar-refractivity contribution is 0.0945. The summed E-state index contributed by atoms with van der Waals surface area (Å²) in [5, 5.41) is 6.40. The van der Waals surface area contributed by atoms with Gasteiger partial charge in [-0.2, -0.15) is 0 Å². The van der Waals surface area contributed by atoms with Crippen molar-refractivity contribution in [2.24, 2.45) is 0 Å². The summed E-state index contributed by atoms with van der Waals surface area (Å²) in [6, 6.07) is 15.8. The van der Waals surface area contributed by atoms with E-state index >= 15 is 0 Å². The molecular formula is C20H17ClN4O2. The van der Waals surface area contributed by atoms with Gasteiger partial charge in [0.25, 0.3) is 5.91 Å². The van der Waals surface area contributed by atoms with Crippen molar-refractivity contribution >= 4 is 34.9 Å². The van der Waals surface area contributed by atoms with Gasteiger partial charge in [-0.15, -0.1) is 0 Å². The first-order valence-corrected chi connectivity index (χ1v) is 8.63. The van der Waals surface area contributed by atoms with E-state index in [1.54, 1.807) is 30.3 Å². The molecule has 0 aliphatic heterocycles. The van der Waals surface area contributed by atoms with Crippen LogP contribution in [0.1, 0.15) is 33.3 Å². The SMILES string of the molecule is CC(=O)c1ccc(Nc2nccc(C(=O)NCc3ccccc3Cl)n2)cc1. The number of nitrogens with zero attached hydrogens (tertiary/aromatic N) is 2. The monoisotopic (exact) mass is 380 g/mol. The Morgan fingerprint density at radius 3 is 2.48 bits per heavy atom. The zero-order chi connectivity index (χ0) is 19.2. The molecule has 0 unspecified atom stereocenters. The smallest absolute Gasteiger partial charge is 0.270 e. The molecule has 0 saturated carbocycles. The quantitative estimate of drug-likeness (QED) is 0.631. The lowest BCUT2D eigenvalue weighted by Gasteiger charge is -2.08. The highest BCUT2D eigenvalue weighted by atomic mass is 35.5. The van der Waals surface area contributed by atoms with E-state index in [0.29, 0.717) is 22.8 Å². The van der Waals surface area contributed by atoms with Gasteiger partial charge in [0, 0.05) is 29.0 Å². The highest BCUT2D eigenvalue weighted by molar-refractivity contribution is 6.31. The van der Waals surface area contributed by atoms with Gasteiger partial charge < -0.3 is 10.6 Å². The maximum absolute atomic E-state index is 12.3. The lowest BCUT2D eigenvalue weighted by atomic mass is 10.1. The number of amides is 1.